The first kappa shape index (κ1) is 10.4. The van der Waals surface area contributed by atoms with Crippen LogP contribution in [-0.4, -0.2) is 6.61 Å². The van der Waals surface area contributed by atoms with Crippen LogP contribution in [0, 0.1) is 24.1 Å². The molecule has 0 amide bonds. The summed E-state index contributed by atoms with van der Waals surface area (Å²) in [7, 11) is 0. The van der Waals surface area contributed by atoms with E-state index in [1.165, 1.54) is 13.0 Å². The number of hydrogen-bond acceptors (Lipinski definition) is 2. The maximum absolute atomic E-state index is 13.0. The van der Waals surface area contributed by atoms with Gasteiger partial charge < -0.3 is 4.74 Å². The molecule has 0 radical (unpaired) electrons. The molecule has 0 heterocycles. The average Bonchev–Trinajstić information content (AvgIpc) is 2.10. The summed E-state index contributed by atoms with van der Waals surface area (Å²) in [5.74, 6) is -1.47. The van der Waals surface area contributed by atoms with Gasteiger partial charge >= 0.3 is 6.61 Å². The molecule has 2 nitrogen and oxygen atoms in total. The number of rotatable bonds is 2. The first-order valence-electron chi connectivity index (χ1n) is 3.69. The number of halogens is 3. The van der Waals surface area contributed by atoms with Crippen molar-refractivity contribution in [2.45, 2.75) is 13.5 Å². The molecule has 1 aromatic rings. The summed E-state index contributed by atoms with van der Waals surface area (Å²) in [5, 5.41) is 8.45. The van der Waals surface area contributed by atoms with Crippen LogP contribution in [0.15, 0.2) is 12.1 Å². The highest BCUT2D eigenvalue weighted by molar-refractivity contribution is 5.42. The molecular weight excluding hydrogens is 195 g/mol. The summed E-state index contributed by atoms with van der Waals surface area (Å²) in [6.07, 6.45) is 0. The second kappa shape index (κ2) is 4.01. The molecule has 74 valence electrons. The Morgan fingerprint density at radius 2 is 2.07 bits per heavy atom. The minimum atomic E-state index is -3.07. The monoisotopic (exact) mass is 201 g/mol. The van der Waals surface area contributed by atoms with Crippen LogP contribution in [0.5, 0.6) is 5.75 Å². The van der Waals surface area contributed by atoms with Crippen molar-refractivity contribution >= 4 is 0 Å². The SMILES string of the molecule is Cc1cc(C#N)cc(F)c1OC(F)F. The molecule has 0 saturated heterocycles. The van der Waals surface area contributed by atoms with Crippen LogP contribution in [0.1, 0.15) is 11.1 Å². The van der Waals surface area contributed by atoms with Crippen LogP contribution in [0.25, 0.3) is 0 Å². The molecule has 1 rings (SSSR count). The Bertz CT molecular complexity index is 361. The minimum absolute atomic E-state index is 0.0709. The van der Waals surface area contributed by atoms with Gasteiger partial charge in [-0.1, -0.05) is 0 Å². The minimum Gasteiger partial charge on any atom is -0.431 e. The number of alkyl halides is 2. The summed E-state index contributed by atoms with van der Waals surface area (Å²) in [4.78, 5) is 0. The fraction of sp³-hybridized carbons (Fsp3) is 0.222. The molecule has 0 aliphatic heterocycles. The largest absolute Gasteiger partial charge is 0.431 e. The number of aryl methyl sites for hydroxylation is 1. The number of ether oxygens (including phenoxy) is 1. The van der Waals surface area contributed by atoms with Crippen molar-refractivity contribution < 1.29 is 17.9 Å². The Balaban J connectivity index is 3.13. The van der Waals surface area contributed by atoms with Gasteiger partial charge in [-0.15, -0.1) is 0 Å². The zero-order valence-corrected chi connectivity index (χ0v) is 7.22. The van der Waals surface area contributed by atoms with E-state index in [1.54, 1.807) is 6.07 Å². The first-order chi connectivity index (χ1) is 6.54. The lowest BCUT2D eigenvalue weighted by Crippen LogP contribution is -2.05. The van der Waals surface area contributed by atoms with Gasteiger partial charge in [0.1, 0.15) is 0 Å². The predicted molar refractivity (Wildman–Crippen MR) is 42.5 cm³/mol. The predicted octanol–water partition coefficient (Wildman–Crippen LogP) is 2.61. The van der Waals surface area contributed by atoms with E-state index in [0.717, 1.165) is 6.07 Å². The number of hydrogen-bond donors (Lipinski definition) is 0. The fourth-order valence-corrected chi connectivity index (χ4v) is 1.03. The standard InChI is InChI=1S/C9H6F3NO/c1-5-2-6(4-13)3-7(10)8(5)14-9(11)12/h2-3,9H,1H3. The van der Waals surface area contributed by atoms with E-state index in [0.29, 0.717) is 0 Å². The number of benzene rings is 1. The van der Waals surface area contributed by atoms with Crippen LogP contribution < -0.4 is 4.74 Å². The summed E-state index contributed by atoms with van der Waals surface area (Å²) in [6.45, 7) is -1.68. The van der Waals surface area contributed by atoms with Gasteiger partial charge in [-0.3, -0.25) is 0 Å². The highest BCUT2D eigenvalue weighted by Gasteiger charge is 2.13. The Labute approximate surface area is 78.5 Å². The van der Waals surface area contributed by atoms with E-state index < -0.39 is 18.2 Å². The molecule has 5 heteroatoms. The van der Waals surface area contributed by atoms with Gasteiger partial charge in [0, 0.05) is 0 Å². The van der Waals surface area contributed by atoms with Crippen LogP contribution >= 0.6 is 0 Å². The lowest BCUT2D eigenvalue weighted by molar-refractivity contribution is -0.0526. The lowest BCUT2D eigenvalue weighted by atomic mass is 10.1. The van der Waals surface area contributed by atoms with Gasteiger partial charge in [-0.25, -0.2) is 4.39 Å². The fourth-order valence-electron chi connectivity index (χ4n) is 1.03. The van der Waals surface area contributed by atoms with Crippen molar-refractivity contribution in [3.05, 3.63) is 29.1 Å². The molecule has 0 saturated carbocycles. The Morgan fingerprint density at radius 3 is 2.50 bits per heavy atom. The molecule has 0 bridgehead atoms. The van der Waals surface area contributed by atoms with E-state index in [2.05, 4.69) is 4.74 Å². The summed E-state index contributed by atoms with van der Waals surface area (Å²) in [5.41, 5.74) is 0.239. The Morgan fingerprint density at radius 1 is 1.43 bits per heavy atom. The van der Waals surface area contributed by atoms with Crippen molar-refractivity contribution in [3.63, 3.8) is 0 Å². The van der Waals surface area contributed by atoms with Gasteiger partial charge in [0.15, 0.2) is 11.6 Å². The van der Waals surface area contributed by atoms with Crippen LogP contribution in [0.2, 0.25) is 0 Å². The highest BCUT2D eigenvalue weighted by atomic mass is 19.3. The van der Waals surface area contributed by atoms with Gasteiger partial charge in [0.05, 0.1) is 11.6 Å². The van der Waals surface area contributed by atoms with Crippen LogP contribution in [-0.2, 0) is 0 Å². The zero-order valence-electron chi connectivity index (χ0n) is 7.22. The second-order valence-corrected chi connectivity index (χ2v) is 2.59. The smallest absolute Gasteiger partial charge is 0.387 e. The first-order valence-corrected chi connectivity index (χ1v) is 3.69. The van der Waals surface area contributed by atoms with Crippen molar-refractivity contribution in [3.8, 4) is 11.8 Å². The Kier molecular flexibility index (Phi) is 2.97. The molecule has 0 atom stereocenters. The average molecular weight is 201 g/mol. The van der Waals surface area contributed by atoms with E-state index >= 15 is 0 Å². The Hall–Kier alpha value is -1.70. The van der Waals surface area contributed by atoms with Crippen LogP contribution in [0.4, 0.5) is 13.2 Å². The van der Waals surface area contributed by atoms with Crippen molar-refractivity contribution in [1.82, 2.24) is 0 Å². The normalized spacial score (nSPS) is 10.0. The van der Waals surface area contributed by atoms with Crippen molar-refractivity contribution in [2.24, 2.45) is 0 Å². The molecule has 0 aliphatic carbocycles. The number of nitrogens with zero attached hydrogens (tertiary/aromatic N) is 1. The summed E-state index contributed by atoms with van der Waals surface area (Å²) in [6, 6.07) is 3.84. The molecule has 1 aromatic carbocycles. The van der Waals surface area contributed by atoms with Crippen molar-refractivity contribution in [1.29, 1.82) is 5.26 Å². The molecular formula is C9H6F3NO. The molecule has 0 N–H and O–H groups in total. The highest BCUT2D eigenvalue weighted by Crippen LogP contribution is 2.25. The number of nitriles is 1. The molecule has 0 fully saturated rings. The molecule has 0 aliphatic rings. The van der Waals surface area contributed by atoms with E-state index in [1.807, 2.05) is 0 Å². The van der Waals surface area contributed by atoms with Gasteiger partial charge in [-0.05, 0) is 24.6 Å². The third kappa shape index (κ3) is 2.16. The zero-order chi connectivity index (χ0) is 10.7. The second-order valence-electron chi connectivity index (χ2n) is 2.59. The van der Waals surface area contributed by atoms with Crippen LogP contribution in [0.3, 0.4) is 0 Å². The maximum Gasteiger partial charge on any atom is 0.387 e. The summed E-state index contributed by atoms with van der Waals surface area (Å²) >= 11 is 0. The lowest BCUT2D eigenvalue weighted by Gasteiger charge is -2.08. The molecule has 0 unspecified atom stereocenters. The summed E-state index contributed by atoms with van der Waals surface area (Å²) < 4.78 is 40.6. The van der Waals surface area contributed by atoms with E-state index in [9.17, 15) is 13.2 Å². The molecule has 0 aromatic heterocycles. The quantitative estimate of drug-likeness (QED) is 0.736. The third-order valence-corrected chi connectivity index (χ3v) is 1.57. The molecule has 14 heavy (non-hydrogen) atoms. The van der Waals surface area contributed by atoms with E-state index in [4.69, 9.17) is 5.26 Å². The van der Waals surface area contributed by atoms with Gasteiger partial charge in [0.25, 0.3) is 0 Å². The molecule has 0 spiro atoms. The van der Waals surface area contributed by atoms with Crippen molar-refractivity contribution in [2.75, 3.05) is 0 Å². The van der Waals surface area contributed by atoms with Gasteiger partial charge in [0.2, 0.25) is 0 Å². The topological polar surface area (TPSA) is 33.0 Å². The third-order valence-electron chi connectivity index (χ3n) is 1.57. The maximum atomic E-state index is 13.0. The van der Waals surface area contributed by atoms with Gasteiger partial charge in [-0.2, -0.15) is 14.0 Å². The van der Waals surface area contributed by atoms with E-state index in [-0.39, 0.29) is 11.1 Å².